The van der Waals surface area contributed by atoms with Gasteiger partial charge in [-0.1, -0.05) is 6.07 Å². The lowest BCUT2D eigenvalue weighted by atomic mass is 10.1. The number of nitrogens with one attached hydrogen (secondary N) is 3. The Morgan fingerprint density at radius 3 is 2.68 bits per heavy atom. The van der Waals surface area contributed by atoms with E-state index in [0.29, 0.717) is 6.07 Å². The number of thiazole rings is 1. The summed E-state index contributed by atoms with van der Waals surface area (Å²) >= 11 is 0.997. The first-order chi connectivity index (χ1) is 14.6. The fraction of sp³-hybridized carbons (Fsp3) is 0.111. The van der Waals surface area contributed by atoms with E-state index in [1.807, 2.05) is 0 Å². The van der Waals surface area contributed by atoms with Gasteiger partial charge in [0.05, 0.1) is 16.8 Å². The van der Waals surface area contributed by atoms with Gasteiger partial charge in [0.2, 0.25) is 5.91 Å². The van der Waals surface area contributed by atoms with Gasteiger partial charge in [0.1, 0.15) is 17.9 Å². The third-order valence-corrected chi connectivity index (χ3v) is 5.05. The highest BCUT2D eigenvalue weighted by Gasteiger charge is 2.34. The van der Waals surface area contributed by atoms with Gasteiger partial charge in [0.25, 0.3) is 5.56 Å². The minimum atomic E-state index is -4.80. The number of nitrogens with zero attached hydrogens (tertiary/aromatic N) is 2. The standard InChI is InChI=1S/C18H11F4N5O3S/c19-10-5-8(1-2-9(10)18(20,21)22)12-7-31-17(24-12)25-13(28)6-27-4-3-11-14(27)15(29)26-16(30)23-11/h1-5,7H,6H2,(H,24,25,28)(H2,23,26,29,30). The first-order valence-corrected chi connectivity index (χ1v) is 9.44. The minimum Gasteiger partial charge on any atom is -0.332 e. The summed E-state index contributed by atoms with van der Waals surface area (Å²) in [4.78, 5) is 44.2. The predicted molar refractivity (Wildman–Crippen MR) is 104 cm³/mol. The molecule has 160 valence electrons. The first kappa shape index (κ1) is 20.5. The monoisotopic (exact) mass is 453 g/mol. The van der Waals surface area contributed by atoms with Crippen LogP contribution in [-0.2, 0) is 17.5 Å². The van der Waals surface area contributed by atoms with Gasteiger partial charge in [-0.25, -0.2) is 14.2 Å². The molecule has 0 radical (unpaired) electrons. The number of carbonyl (C=O) groups excluding carboxylic acids is 1. The molecule has 0 unspecified atom stereocenters. The Morgan fingerprint density at radius 2 is 1.97 bits per heavy atom. The van der Waals surface area contributed by atoms with Crippen LogP contribution in [-0.4, -0.2) is 25.4 Å². The number of fused-ring (bicyclic) bond motifs is 1. The molecule has 3 aromatic heterocycles. The summed E-state index contributed by atoms with van der Waals surface area (Å²) < 4.78 is 53.2. The Balaban J connectivity index is 1.51. The normalized spacial score (nSPS) is 11.7. The van der Waals surface area contributed by atoms with E-state index in [4.69, 9.17) is 0 Å². The summed E-state index contributed by atoms with van der Waals surface area (Å²) in [6.45, 7) is -0.261. The molecule has 0 bridgehead atoms. The Hall–Kier alpha value is -3.74. The quantitative estimate of drug-likeness (QED) is 0.413. The Labute approximate surface area is 173 Å². The average molecular weight is 453 g/mol. The van der Waals surface area contributed by atoms with Crippen LogP contribution in [0.3, 0.4) is 0 Å². The Kier molecular flexibility index (Phi) is 4.97. The molecule has 8 nitrogen and oxygen atoms in total. The third-order valence-electron chi connectivity index (χ3n) is 4.29. The van der Waals surface area contributed by atoms with Crippen molar-refractivity contribution in [3.63, 3.8) is 0 Å². The summed E-state index contributed by atoms with van der Waals surface area (Å²) in [7, 11) is 0. The molecule has 31 heavy (non-hydrogen) atoms. The molecule has 3 heterocycles. The van der Waals surface area contributed by atoms with Gasteiger partial charge in [-0.05, 0) is 18.2 Å². The molecule has 0 spiro atoms. The van der Waals surface area contributed by atoms with Gasteiger partial charge < -0.3 is 14.9 Å². The van der Waals surface area contributed by atoms with E-state index in [1.54, 1.807) is 0 Å². The summed E-state index contributed by atoms with van der Waals surface area (Å²) in [6, 6.07) is 3.91. The second-order valence-electron chi connectivity index (χ2n) is 6.39. The van der Waals surface area contributed by atoms with Gasteiger partial charge in [0, 0.05) is 17.1 Å². The van der Waals surface area contributed by atoms with Crippen molar-refractivity contribution in [1.82, 2.24) is 19.5 Å². The van der Waals surface area contributed by atoms with Crippen molar-refractivity contribution in [3.05, 3.63) is 68.1 Å². The SMILES string of the molecule is O=C(Cn1ccc2[nH]c(=O)[nH]c(=O)c21)Nc1nc(-c2ccc(C(F)(F)F)c(F)c2)cs1. The molecular formula is C18H11F4N5O3S. The summed E-state index contributed by atoms with van der Waals surface area (Å²) in [5.41, 5.74) is -2.03. The minimum absolute atomic E-state index is 0.106. The van der Waals surface area contributed by atoms with E-state index >= 15 is 0 Å². The van der Waals surface area contributed by atoms with Crippen LogP contribution >= 0.6 is 11.3 Å². The number of amides is 1. The number of hydrogen-bond acceptors (Lipinski definition) is 5. The molecule has 4 rings (SSSR count). The first-order valence-electron chi connectivity index (χ1n) is 8.56. The highest BCUT2D eigenvalue weighted by molar-refractivity contribution is 7.14. The number of alkyl halides is 3. The number of carbonyl (C=O) groups is 1. The second-order valence-corrected chi connectivity index (χ2v) is 7.25. The molecule has 0 fully saturated rings. The van der Waals surface area contributed by atoms with Crippen LogP contribution in [0, 0.1) is 5.82 Å². The van der Waals surface area contributed by atoms with Crippen molar-refractivity contribution < 1.29 is 22.4 Å². The molecule has 1 amide bonds. The summed E-state index contributed by atoms with van der Waals surface area (Å²) in [5, 5.41) is 4.10. The van der Waals surface area contributed by atoms with Gasteiger partial charge >= 0.3 is 11.9 Å². The predicted octanol–water partition coefficient (Wildman–Crippen LogP) is 2.94. The average Bonchev–Trinajstić information content (AvgIpc) is 3.28. The van der Waals surface area contributed by atoms with Gasteiger partial charge in [-0.3, -0.25) is 14.6 Å². The van der Waals surface area contributed by atoms with E-state index in [2.05, 4.69) is 20.3 Å². The van der Waals surface area contributed by atoms with Gasteiger partial charge in [-0.15, -0.1) is 11.3 Å². The van der Waals surface area contributed by atoms with E-state index in [-0.39, 0.29) is 34.0 Å². The van der Waals surface area contributed by atoms with Crippen molar-refractivity contribution in [2.45, 2.75) is 12.7 Å². The van der Waals surface area contributed by atoms with Gasteiger partial charge in [-0.2, -0.15) is 13.2 Å². The second kappa shape index (κ2) is 7.50. The van der Waals surface area contributed by atoms with Crippen LogP contribution < -0.4 is 16.6 Å². The molecule has 13 heteroatoms. The molecule has 0 aliphatic carbocycles. The van der Waals surface area contributed by atoms with Crippen molar-refractivity contribution >= 4 is 33.4 Å². The third kappa shape index (κ3) is 4.12. The zero-order chi connectivity index (χ0) is 22.3. The lowest BCUT2D eigenvalue weighted by Gasteiger charge is -2.08. The molecule has 0 atom stereocenters. The van der Waals surface area contributed by atoms with E-state index in [0.717, 1.165) is 23.5 Å². The number of H-pyrrole nitrogens is 2. The van der Waals surface area contributed by atoms with Crippen molar-refractivity contribution in [1.29, 1.82) is 0 Å². The molecule has 1 aromatic carbocycles. The highest BCUT2D eigenvalue weighted by atomic mass is 32.1. The molecule has 0 aliphatic rings. The topological polar surface area (TPSA) is 113 Å². The molecule has 3 N–H and O–H groups in total. The molecule has 4 aromatic rings. The maximum absolute atomic E-state index is 13.8. The summed E-state index contributed by atoms with van der Waals surface area (Å²) in [6.07, 6.45) is -3.35. The Morgan fingerprint density at radius 1 is 1.19 bits per heavy atom. The van der Waals surface area contributed by atoms with Gasteiger partial charge in [0.15, 0.2) is 5.13 Å². The number of aromatic amines is 2. The number of hydrogen-bond donors (Lipinski definition) is 3. The van der Waals surface area contributed by atoms with Crippen LogP contribution in [0.25, 0.3) is 22.3 Å². The smallest absolute Gasteiger partial charge is 0.332 e. The summed E-state index contributed by atoms with van der Waals surface area (Å²) in [5.74, 6) is -1.96. The van der Waals surface area contributed by atoms with Crippen LogP contribution in [0.2, 0.25) is 0 Å². The maximum atomic E-state index is 13.8. The maximum Gasteiger partial charge on any atom is 0.419 e. The fourth-order valence-corrected chi connectivity index (χ4v) is 3.69. The number of benzene rings is 1. The van der Waals surface area contributed by atoms with Crippen LogP contribution in [0.5, 0.6) is 0 Å². The molecule has 0 saturated carbocycles. The number of anilines is 1. The van der Waals surface area contributed by atoms with Crippen LogP contribution in [0.4, 0.5) is 22.7 Å². The van der Waals surface area contributed by atoms with E-state index in [1.165, 1.54) is 22.2 Å². The highest BCUT2D eigenvalue weighted by Crippen LogP contribution is 2.34. The largest absolute Gasteiger partial charge is 0.419 e. The zero-order valence-electron chi connectivity index (χ0n) is 15.2. The lowest BCUT2D eigenvalue weighted by Crippen LogP contribution is -2.25. The van der Waals surface area contributed by atoms with Crippen molar-refractivity contribution in [2.24, 2.45) is 0 Å². The zero-order valence-corrected chi connectivity index (χ0v) is 16.0. The molecular weight excluding hydrogens is 442 g/mol. The number of rotatable bonds is 4. The van der Waals surface area contributed by atoms with E-state index in [9.17, 15) is 31.9 Å². The molecule has 0 aliphatic heterocycles. The number of aromatic nitrogens is 4. The van der Waals surface area contributed by atoms with Crippen molar-refractivity contribution in [3.8, 4) is 11.3 Å². The lowest BCUT2D eigenvalue weighted by molar-refractivity contribution is -0.140. The van der Waals surface area contributed by atoms with Crippen LogP contribution in [0.15, 0.2) is 45.4 Å². The van der Waals surface area contributed by atoms with Crippen LogP contribution in [0.1, 0.15) is 5.56 Å². The van der Waals surface area contributed by atoms with E-state index < -0.39 is 34.7 Å². The van der Waals surface area contributed by atoms with Crippen molar-refractivity contribution in [2.75, 3.05) is 5.32 Å². The fourth-order valence-electron chi connectivity index (χ4n) is 2.96. The molecule has 0 saturated heterocycles. The Bertz CT molecular complexity index is 1420. The number of halogens is 4.